The van der Waals surface area contributed by atoms with E-state index in [-0.39, 0.29) is 23.2 Å². The molecule has 0 atom stereocenters. The number of nitrogens with zero attached hydrogens (tertiary/aromatic N) is 3. The lowest BCUT2D eigenvalue weighted by Gasteiger charge is -2.27. The molecule has 39 heavy (non-hydrogen) atoms. The summed E-state index contributed by atoms with van der Waals surface area (Å²) in [7, 11) is 1.67. The van der Waals surface area contributed by atoms with Crippen LogP contribution in [0.5, 0.6) is 0 Å². The van der Waals surface area contributed by atoms with Gasteiger partial charge in [0, 0.05) is 67.5 Å². The van der Waals surface area contributed by atoms with Gasteiger partial charge in [-0.3, -0.25) is 14.4 Å². The maximum absolute atomic E-state index is 12.9. The Labute approximate surface area is 226 Å². The highest BCUT2D eigenvalue weighted by Gasteiger charge is 2.18. The van der Waals surface area contributed by atoms with E-state index in [2.05, 4.69) is 20.9 Å². The summed E-state index contributed by atoms with van der Waals surface area (Å²) < 4.78 is 1.47. The number of nitrogens with one attached hydrogen (secondary N) is 3. The summed E-state index contributed by atoms with van der Waals surface area (Å²) in [6, 6.07) is 21.7. The number of aryl methyl sites for hydroxylation is 1. The van der Waals surface area contributed by atoms with E-state index < -0.39 is 0 Å². The molecule has 9 heteroatoms. The molecule has 9 nitrogen and oxygen atoms in total. The standard InChI is InChI=1S/C30H30N6O3/c1-20-24(9-6-10-25(20)34-28(37)21-7-4-3-5-8-21)26-19-35(2)30(39)27(33-26)32-23-13-11-22(12-14-23)29(38)36-17-15-31-16-18-36/h3-14,19,31H,15-18H2,1-2H3,(H,32,33)(H,34,37). The predicted molar refractivity (Wildman–Crippen MR) is 153 cm³/mol. The van der Waals surface area contributed by atoms with Gasteiger partial charge in [-0.1, -0.05) is 30.3 Å². The summed E-state index contributed by atoms with van der Waals surface area (Å²) in [4.78, 5) is 44.8. The monoisotopic (exact) mass is 522 g/mol. The van der Waals surface area contributed by atoms with Crippen molar-refractivity contribution >= 4 is 29.0 Å². The van der Waals surface area contributed by atoms with Gasteiger partial charge in [0.15, 0.2) is 5.82 Å². The first kappa shape index (κ1) is 25.9. The van der Waals surface area contributed by atoms with Gasteiger partial charge in [-0.25, -0.2) is 4.98 Å². The first-order chi connectivity index (χ1) is 18.9. The molecule has 1 aliphatic rings. The summed E-state index contributed by atoms with van der Waals surface area (Å²) in [5, 5.41) is 9.32. The average molecular weight is 523 g/mol. The second-order valence-electron chi connectivity index (χ2n) is 9.43. The lowest BCUT2D eigenvalue weighted by molar-refractivity contribution is 0.0735. The van der Waals surface area contributed by atoms with E-state index in [0.717, 1.165) is 24.2 Å². The Hall–Kier alpha value is -4.76. The largest absolute Gasteiger partial charge is 0.336 e. The lowest BCUT2D eigenvalue weighted by atomic mass is 10.0. The molecule has 2 amide bonds. The number of amides is 2. The first-order valence-electron chi connectivity index (χ1n) is 12.8. The highest BCUT2D eigenvalue weighted by molar-refractivity contribution is 6.05. The third-order valence-electron chi connectivity index (χ3n) is 6.76. The maximum Gasteiger partial charge on any atom is 0.293 e. The van der Waals surface area contributed by atoms with E-state index in [9.17, 15) is 14.4 Å². The van der Waals surface area contributed by atoms with Crippen molar-refractivity contribution in [1.29, 1.82) is 0 Å². The second-order valence-corrected chi connectivity index (χ2v) is 9.43. The van der Waals surface area contributed by atoms with Gasteiger partial charge in [-0.15, -0.1) is 0 Å². The summed E-state index contributed by atoms with van der Waals surface area (Å²) in [5.74, 6) is -0.0476. The quantitative estimate of drug-likeness (QED) is 0.356. The normalized spacial score (nSPS) is 13.1. The molecule has 0 spiro atoms. The highest BCUT2D eigenvalue weighted by atomic mass is 16.2. The molecule has 5 rings (SSSR count). The van der Waals surface area contributed by atoms with Crippen LogP contribution in [-0.4, -0.2) is 52.4 Å². The van der Waals surface area contributed by atoms with Crippen LogP contribution in [0.1, 0.15) is 26.3 Å². The number of hydrogen-bond donors (Lipinski definition) is 3. The van der Waals surface area contributed by atoms with Crippen molar-refractivity contribution in [3.05, 3.63) is 106 Å². The number of hydrogen-bond acceptors (Lipinski definition) is 6. The first-order valence-corrected chi connectivity index (χ1v) is 12.8. The molecule has 0 aliphatic carbocycles. The number of anilines is 3. The molecule has 3 N–H and O–H groups in total. The molecule has 1 fully saturated rings. The van der Waals surface area contributed by atoms with E-state index in [1.807, 2.05) is 48.2 Å². The summed E-state index contributed by atoms with van der Waals surface area (Å²) in [5.41, 5.74) is 4.39. The van der Waals surface area contributed by atoms with E-state index in [0.29, 0.717) is 41.3 Å². The van der Waals surface area contributed by atoms with Gasteiger partial charge in [0.25, 0.3) is 17.4 Å². The van der Waals surface area contributed by atoms with Crippen LogP contribution < -0.4 is 21.5 Å². The minimum absolute atomic E-state index is 0.00574. The highest BCUT2D eigenvalue weighted by Crippen LogP contribution is 2.28. The van der Waals surface area contributed by atoms with Crippen LogP contribution in [0, 0.1) is 6.92 Å². The third-order valence-corrected chi connectivity index (χ3v) is 6.76. The zero-order valence-corrected chi connectivity index (χ0v) is 21.9. The fourth-order valence-electron chi connectivity index (χ4n) is 4.53. The Kier molecular flexibility index (Phi) is 7.51. The Morgan fingerprint density at radius 2 is 1.62 bits per heavy atom. The minimum Gasteiger partial charge on any atom is -0.336 e. The van der Waals surface area contributed by atoms with E-state index >= 15 is 0 Å². The predicted octanol–water partition coefficient (Wildman–Crippen LogP) is 3.80. The fourth-order valence-corrected chi connectivity index (χ4v) is 4.53. The van der Waals surface area contributed by atoms with E-state index in [1.165, 1.54) is 4.57 Å². The fraction of sp³-hybridized carbons (Fsp3) is 0.200. The molecular formula is C30H30N6O3. The van der Waals surface area contributed by atoms with Crippen LogP contribution in [0.2, 0.25) is 0 Å². The molecule has 1 saturated heterocycles. The maximum atomic E-state index is 12.9. The van der Waals surface area contributed by atoms with Crippen LogP contribution >= 0.6 is 0 Å². The molecule has 0 radical (unpaired) electrons. The number of rotatable bonds is 6. The molecule has 0 unspecified atom stereocenters. The van der Waals surface area contributed by atoms with Crippen molar-refractivity contribution < 1.29 is 9.59 Å². The van der Waals surface area contributed by atoms with Crippen LogP contribution in [0.15, 0.2) is 83.8 Å². The van der Waals surface area contributed by atoms with Crippen molar-refractivity contribution in [2.24, 2.45) is 7.05 Å². The summed E-state index contributed by atoms with van der Waals surface area (Å²) in [6.07, 6.45) is 1.67. The number of carbonyl (C=O) groups excluding carboxylic acids is 2. The number of benzene rings is 3. The number of aromatic nitrogens is 2. The van der Waals surface area contributed by atoms with Crippen LogP contribution in [-0.2, 0) is 7.05 Å². The zero-order valence-electron chi connectivity index (χ0n) is 21.9. The molecule has 0 saturated carbocycles. The molecule has 4 aromatic rings. The molecular weight excluding hydrogens is 492 g/mol. The van der Waals surface area contributed by atoms with Crippen molar-refractivity contribution in [3.8, 4) is 11.3 Å². The Morgan fingerprint density at radius 1 is 0.897 bits per heavy atom. The van der Waals surface area contributed by atoms with Gasteiger partial charge >= 0.3 is 0 Å². The minimum atomic E-state index is -0.286. The van der Waals surface area contributed by atoms with Crippen LogP contribution in [0.3, 0.4) is 0 Å². The van der Waals surface area contributed by atoms with Gasteiger partial charge in [0.05, 0.1) is 5.69 Å². The van der Waals surface area contributed by atoms with Crippen LogP contribution in [0.4, 0.5) is 17.2 Å². The van der Waals surface area contributed by atoms with Gasteiger partial charge in [0.1, 0.15) is 0 Å². The molecule has 0 bridgehead atoms. The lowest BCUT2D eigenvalue weighted by Crippen LogP contribution is -2.46. The Balaban J connectivity index is 1.38. The molecule has 2 heterocycles. The number of carbonyl (C=O) groups is 2. The van der Waals surface area contributed by atoms with Crippen molar-refractivity contribution in [2.45, 2.75) is 6.92 Å². The summed E-state index contributed by atoms with van der Waals surface area (Å²) >= 11 is 0. The van der Waals surface area contributed by atoms with Gasteiger partial charge in [-0.05, 0) is 55.0 Å². The van der Waals surface area contributed by atoms with E-state index in [4.69, 9.17) is 0 Å². The van der Waals surface area contributed by atoms with Crippen molar-refractivity contribution in [2.75, 3.05) is 36.8 Å². The molecule has 198 valence electrons. The van der Waals surface area contributed by atoms with E-state index in [1.54, 1.807) is 49.6 Å². The summed E-state index contributed by atoms with van der Waals surface area (Å²) in [6.45, 7) is 4.85. The number of piperazine rings is 1. The Bertz CT molecular complexity index is 1560. The zero-order chi connectivity index (χ0) is 27.4. The van der Waals surface area contributed by atoms with Crippen molar-refractivity contribution in [3.63, 3.8) is 0 Å². The van der Waals surface area contributed by atoms with Crippen molar-refractivity contribution in [1.82, 2.24) is 19.8 Å². The van der Waals surface area contributed by atoms with Crippen LogP contribution in [0.25, 0.3) is 11.3 Å². The Morgan fingerprint density at radius 3 is 2.33 bits per heavy atom. The average Bonchev–Trinajstić information content (AvgIpc) is 2.97. The molecule has 1 aromatic heterocycles. The third kappa shape index (κ3) is 5.73. The van der Waals surface area contributed by atoms with Gasteiger partial charge < -0.3 is 25.4 Å². The van der Waals surface area contributed by atoms with Gasteiger partial charge in [-0.2, -0.15) is 0 Å². The molecule has 3 aromatic carbocycles. The molecule has 1 aliphatic heterocycles. The second kappa shape index (κ2) is 11.3. The van der Waals surface area contributed by atoms with Gasteiger partial charge in [0.2, 0.25) is 0 Å². The topological polar surface area (TPSA) is 108 Å². The SMILES string of the molecule is Cc1c(NC(=O)c2ccccc2)cccc1-c1cn(C)c(=O)c(Nc2ccc(C(=O)N3CCNCC3)cc2)n1. The smallest absolute Gasteiger partial charge is 0.293 e.